The molecule has 2 fully saturated rings. The smallest absolute Gasteiger partial charge is 0.327 e. The third-order valence-electron chi connectivity index (χ3n) is 6.50. The van der Waals surface area contributed by atoms with Gasteiger partial charge in [0.15, 0.2) is 0 Å². The van der Waals surface area contributed by atoms with Crippen molar-refractivity contribution in [2.24, 2.45) is 0 Å². The molecule has 2 aromatic rings. The van der Waals surface area contributed by atoms with Gasteiger partial charge in [-0.15, -0.1) is 0 Å². The lowest BCUT2D eigenvalue weighted by atomic mass is 9.87. The molecule has 4 rings (SSSR count). The van der Waals surface area contributed by atoms with E-state index in [2.05, 4.69) is 5.32 Å². The predicted molar refractivity (Wildman–Crippen MR) is 124 cm³/mol. The Bertz CT molecular complexity index is 1050. The number of rotatable bonds is 7. The fourth-order valence-corrected chi connectivity index (χ4v) is 4.60. The number of carbonyl (C=O) groups is 4. The summed E-state index contributed by atoms with van der Waals surface area (Å²) >= 11 is 0. The number of carbonyl (C=O) groups excluding carboxylic acids is 4. The zero-order chi connectivity index (χ0) is 24.1. The third-order valence-corrected chi connectivity index (χ3v) is 6.50. The summed E-state index contributed by atoms with van der Waals surface area (Å²) < 4.78 is 5.61. The lowest BCUT2D eigenvalue weighted by Gasteiger charge is -2.30. The van der Waals surface area contributed by atoms with Crippen LogP contribution in [-0.2, 0) is 24.7 Å². The standard InChI is InChI=1S/C26H29N3O5/c1-2-26(20-14-8-4-9-15-20)24(32)29(25(33)27-26)18-21(30)34-22(19-12-6-3-7-13-19)23(31)28-16-10-5-11-17-28/h3-4,6-9,12-15,22H,2,5,10-11,16-18H2,1H3,(H,27,33). The van der Waals surface area contributed by atoms with Gasteiger partial charge in [0.05, 0.1) is 0 Å². The second-order valence-corrected chi connectivity index (χ2v) is 8.61. The monoisotopic (exact) mass is 463 g/mol. The second-order valence-electron chi connectivity index (χ2n) is 8.61. The van der Waals surface area contributed by atoms with E-state index in [4.69, 9.17) is 4.74 Å². The molecule has 0 saturated carbocycles. The van der Waals surface area contributed by atoms with E-state index in [1.54, 1.807) is 60.4 Å². The first-order valence-electron chi connectivity index (χ1n) is 11.7. The lowest BCUT2D eigenvalue weighted by molar-refractivity contribution is -0.162. The Kier molecular flexibility index (Phi) is 6.95. The molecule has 0 aromatic heterocycles. The summed E-state index contributed by atoms with van der Waals surface area (Å²) in [7, 11) is 0. The van der Waals surface area contributed by atoms with Gasteiger partial charge in [-0.3, -0.25) is 19.3 Å². The first-order chi connectivity index (χ1) is 16.5. The summed E-state index contributed by atoms with van der Waals surface area (Å²) in [5.74, 6) is -1.62. The highest BCUT2D eigenvalue weighted by Crippen LogP contribution is 2.32. The number of hydrogen-bond acceptors (Lipinski definition) is 5. The van der Waals surface area contributed by atoms with Crippen molar-refractivity contribution >= 4 is 23.8 Å². The molecule has 2 unspecified atom stereocenters. The van der Waals surface area contributed by atoms with Crippen molar-refractivity contribution in [1.29, 1.82) is 0 Å². The maximum absolute atomic E-state index is 13.3. The molecule has 4 amide bonds. The SMILES string of the molecule is CCC1(c2ccccc2)NC(=O)N(CC(=O)OC(C(=O)N2CCCCC2)c2ccccc2)C1=O. The average Bonchev–Trinajstić information content (AvgIpc) is 3.13. The zero-order valence-electron chi connectivity index (χ0n) is 19.2. The number of esters is 1. The number of imide groups is 1. The highest BCUT2D eigenvalue weighted by Gasteiger charge is 2.52. The van der Waals surface area contributed by atoms with Crippen molar-refractivity contribution in [3.05, 3.63) is 71.8 Å². The molecule has 2 atom stereocenters. The van der Waals surface area contributed by atoms with Crippen LogP contribution >= 0.6 is 0 Å². The van der Waals surface area contributed by atoms with E-state index in [9.17, 15) is 19.2 Å². The maximum Gasteiger partial charge on any atom is 0.327 e. The van der Waals surface area contributed by atoms with Crippen LogP contribution in [0.4, 0.5) is 4.79 Å². The van der Waals surface area contributed by atoms with E-state index in [0.29, 0.717) is 30.6 Å². The Morgan fingerprint density at radius 1 is 0.971 bits per heavy atom. The minimum Gasteiger partial charge on any atom is -0.446 e. The van der Waals surface area contributed by atoms with Crippen molar-refractivity contribution in [3.63, 3.8) is 0 Å². The summed E-state index contributed by atoms with van der Waals surface area (Å²) in [6.07, 6.45) is 2.07. The number of ether oxygens (including phenoxy) is 1. The number of nitrogens with one attached hydrogen (secondary N) is 1. The van der Waals surface area contributed by atoms with Gasteiger partial charge in [0.1, 0.15) is 12.1 Å². The van der Waals surface area contributed by atoms with Gasteiger partial charge in [-0.1, -0.05) is 67.6 Å². The quantitative estimate of drug-likeness (QED) is 0.503. The van der Waals surface area contributed by atoms with Gasteiger partial charge in [-0.25, -0.2) is 4.79 Å². The van der Waals surface area contributed by atoms with Crippen LogP contribution in [0.2, 0.25) is 0 Å². The number of amides is 4. The first kappa shape index (κ1) is 23.5. The Labute approximate surface area is 198 Å². The van der Waals surface area contributed by atoms with E-state index >= 15 is 0 Å². The van der Waals surface area contributed by atoms with E-state index in [1.807, 2.05) is 12.1 Å². The highest BCUT2D eigenvalue weighted by atomic mass is 16.5. The van der Waals surface area contributed by atoms with Crippen LogP contribution in [0.5, 0.6) is 0 Å². The molecule has 178 valence electrons. The van der Waals surface area contributed by atoms with Crippen molar-refractivity contribution in [2.75, 3.05) is 19.6 Å². The lowest BCUT2D eigenvalue weighted by Crippen LogP contribution is -2.44. The van der Waals surface area contributed by atoms with E-state index in [0.717, 1.165) is 24.2 Å². The number of likely N-dealkylation sites (tertiary alicyclic amines) is 1. The first-order valence-corrected chi connectivity index (χ1v) is 11.7. The molecule has 2 aliphatic rings. The Hall–Kier alpha value is -3.68. The minimum atomic E-state index is -1.24. The van der Waals surface area contributed by atoms with Gasteiger partial charge < -0.3 is 15.0 Å². The van der Waals surface area contributed by atoms with Crippen molar-refractivity contribution in [1.82, 2.24) is 15.1 Å². The van der Waals surface area contributed by atoms with Gasteiger partial charge in [-0.05, 0) is 31.2 Å². The summed E-state index contributed by atoms with van der Waals surface area (Å²) in [5.41, 5.74) is -0.0360. The van der Waals surface area contributed by atoms with E-state index < -0.39 is 36.1 Å². The van der Waals surface area contributed by atoms with Gasteiger partial charge in [0, 0.05) is 18.7 Å². The Morgan fingerprint density at radius 2 is 1.59 bits per heavy atom. The third kappa shape index (κ3) is 4.53. The molecule has 2 saturated heterocycles. The minimum absolute atomic E-state index is 0.288. The van der Waals surface area contributed by atoms with Crippen molar-refractivity contribution < 1.29 is 23.9 Å². The normalized spacial score (nSPS) is 21.2. The van der Waals surface area contributed by atoms with Crippen LogP contribution in [0.15, 0.2) is 60.7 Å². The van der Waals surface area contributed by atoms with Crippen molar-refractivity contribution in [3.8, 4) is 0 Å². The molecule has 2 aliphatic heterocycles. The van der Waals surface area contributed by atoms with Gasteiger partial charge in [-0.2, -0.15) is 0 Å². The number of piperidine rings is 1. The summed E-state index contributed by atoms with van der Waals surface area (Å²) in [5, 5.41) is 2.75. The molecule has 0 spiro atoms. The van der Waals surface area contributed by atoms with Gasteiger partial charge in [0.25, 0.3) is 11.8 Å². The van der Waals surface area contributed by atoms with Crippen LogP contribution in [0.25, 0.3) is 0 Å². The molecule has 2 heterocycles. The Balaban J connectivity index is 1.52. The van der Waals surface area contributed by atoms with Crippen LogP contribution in [-0.4, -0.2) is 53.2 Å². The molecular formula is C26H29N3O5. The number of nitrogens with zero attached hydrogens (tertiary/aromatic N) is 2. The van der Waals surface area contributed by atoms with Crippen LogP contribution in [0.1, 0.15) is 49.8 Å². The molecule has 0 bridgehead atoms. The maximum atomic E-state index is 13.3. The molecular weight excluding hydrogens is 434 g/mol. The summed E-state index contributed by atoms with van der Waals surface area (Å²) in [6, 6.07) is 17.1. The number of urea groups is 1. The Morgan fingerprint density at radius 3 is 2.21 bits per heavy atom. The highest BCUT2D eigenvalue weighted by molar-refractivity contribution is 6.09. The van der Waals surface area contributed by atoms with E-state index in [-0.39, 0.29) is 5.91 Å². The second kappa shape index (κ2) is 10.1. The zero-order valence-corrected chi connectivity index (χ0v) is 19.2. The van der Waals surface area contributed by atoms with Gasteiger partial charge in [0.2, 0.25) is 6.10 Å². The fourth-order valence-electron chi connectivity index (χ4n) is 4.60. The summed E-state index contributed by atoms with van der Waals surface area (Å²) in [4.78, 5) is 54.7. The molecule has 8 heteroatoms. The van der Waals surface area contributed by atoms with Crippen molar-refractivity contribution in [2.45, 2.75) is 44.2 Å². The molecule has 34 heavy (non-hydrogen) atoms. The predicted octanol–water partition coefficient (Wildman–Crippen LogP) is 3.14. The molecule has 2 aromatic carbocycles. The topological polar surface area (TPSA) is 96.0 Å². The van der Waals surface area contributed by atoms with Gasteiger partial charge >= 0.3 is 12.0 Å². The molecule has 8 nitrogen and oxygen atoms in total. The summed E-state index contributed by atoms with van der Waals surface area (Å²) in [6.45, 7) is 2.46. The van der Waals surface area contributed by atoms with Crippen LogP contribution in [0, 0.1) is 0 Å². The van der Waals surface area contributed by atoms with Crippen LogP contribution < -0.4 is 5.32 Å². The average molecular weight is 464 g/mol. The molecule has 0 aliphatic carbocycles. The number of hydrogen-bond donors (Lipinski definition) is 1. The van der Waals surface area contributed by atoms with E-state index in [1.165, 1.54) is 0 Å². The molecule has 1 N–H and O–H groups in total. The molecule has 0 radical (unpaired) electrons. The van der Waals surface area contributed by atoms with Crippen LogP contribution in [0.3, 0.4) is 0 Å². The largest absolute Gasteiger partial charge is 0.446 e. The number of benzene rings is 2. The fraction of sp³-hybridized carbons (Fsp3) is 0.385.